The number of hydrogen-bond donors (Lipinski definition) is 1. The molecule has 1 aromatic carbocycles. The number of amides is 1. The second-order valence-corrected chi connectivity index (χ2v) is 7.10. The maximum absolute atomic E-state index is 12.8. The van der Waals surface area contributed by atoms with Gasteiger partial charge in [0.2, 0.25) is 5.91 Å². The van der Waals surface area contributed by atoms with Crippen LogP contribution in [0.5, 0.6) is 0 Å². The first-order valence-electron chi connectivity index (χ1n) is 7.50. The monoisotopic (exact) mass is 323 g/mol. The fourth-order valence-electron chi connectivity index (χ4n) is 3.18. The molecule has 0 bridgehead atoms. The Morgan fingerprint density at radius 3 is 2.64 bits per heavy atom. The fourth-order valence-corrected chi connectivity index (χ4v) is 3.39. The summed E-state index contributed by atoms with van der Waals surface area (Å²) in [6.07, 6.45) is 1.10. The van der Waals surface area contributed by atoms with Gasteiger partial charge >= 0.3 is 5.97 Å². The Kier molecular flexibility index (Phi) is 4.81. The van der Waals surface area contributed by atoms with Crippen LogP contribution in [0.15, 0.2) is 24.3 Å². The number of carbonyl (C=O) groups excluding carboxylic acids is 1. The first-order chi connectivity index (χ1) is 10.2. The predicted molar refractivity (Wildman–Crippen MR) is 85.9 cm³/mol. The predicted octanol–water partition coefficient (Wildman–Crippen LogP) is 3.23. The molecule has 4 nitrogen and oxygen atoms in total. The van der Waals surface area contributed by atoms with Gasteiger partial charge in [0.05, 0.1) is 5.92 Å². The summed E-state index contributed by atoms with van der Waals surface area (Å²) < 4.78 is 0. The van der Waals surface area contributed by atoms with Crippen LogP contribution in [0.2, 0.25) is 5.02 Å². The Balaban J connectivity index is 2.12. The number of benzene rings is 1. The lowest BCUT2D eigenvalue weighted by Gasteiger charge is -2.32. The van der Waals surface area contributed by atoms with Crippen molar-refractivity contribution in [3.8, 4) is 0 Å². The Labute approximate surface area is 136 Å². The lowest BCUT2D eigenvalue weighted by atomic mass is 9.84. The van der Waals surface area contributed by atoms with E-state index in [2.05, 4.69) is 0 Å². The van der Waals surface area contributed by atoms with Crippen LogP contribution in [0.25, 0.3) is 0 Å². The van der Waals surface area contributed by atoms with Crippen molar-refractivity contribution in [2.75, 3.05) is 6.54 Å². The highest BCUT2D eigenvalue weighted by Crippen LogP contribution is 2.32. The largest absolute Gasteiger partial charge is 0.481 e. The smallest absolute Gasteiger partial charge is 0.308 e. The van der Waals surface area contributed by atoms with Gasteiger partial charge in [-0.1, -0.05) is 37.6 Å². The molecular formula is C17H22ClNO3. The first kappa shape index (κ1) is 16.8. The highest BCUT2D eigenvalue weighted by Gasteiger charge is 2.42. The van der Waals surface area contributed by atoms with Crippen LogP contribution in [0, 0.1) is 11.3 Å². The molecule has 1 aliphatic heterocycles. The van der Waals surface area contributed by atoms with E-state index >= 15 is 0 Å². The molecular weight excluding hydrogens is 302 g/mol. The molecule has 1 saturated heterocycles. The summed E-state index contributed by atoms with van der Waals surface area (Å²) in [6.45, 7) is 6.13. The van der Waals surface area contributed by atoms with Gasteiger partial charge in [-0.15, -0.1) is 0 Å². The van der Waals surface area contributed by atoms with Gasteiger partial charge in [0.25, 0.3) is 0 Å². The molecule has 0 saturated carbocycles. The van der Waals surface area contributed by atoms with E-state index in [0.29, 0.717) is 24.4 Å². The Morgan fingerprint density at radius 2 is 2.09 bits per heavy atom. The number of nitrogens with zero attached hydrogens (tertiary/aromatic N) is 1. The standard InChI is InChI=1S/C17H22ClNO3/c1-11-14(15(20)21)7-8-19(11)16(22)17(2,3)10-12-5-4-6-13(18)9-12/h4-6,9,11,14H,7-8,10H2,1-3H3,(H,20,21). The van der Waals surface area contributed by atoms with Gasteiger partial charge in [0.15, 0.2) is 0 Å². The van der Waals surface area contributed by atoms with Gasteiger partial charge in [0, 0.05) is 23.0 Å². The van der Waals surface area contributed by atoms with Crippen molar-refractivity contribution in [2.45, 2.75) is 39.7 Å². The van der Waals surface area contributed by atoms with Crippen molar-refractivity contribution in [1.82, 2.24) is 4.90 Å². The van der Waals surface area contributed by atoms with E-state index in [1.165, 1.54) is 0 Å². The van der Waals surface area contributed by atoms with Crippen molar-refractivity contribution in [1.29, 1.82) is 0 Å². The van der Waals surface area contributed by atoms with Crippen molar-refractivity contribution in [3.63, 3.8) is 0 Å². The third kappa shape index (κ3) is 3.43. The van der Waals surface area contributed by atoms with Crippen molar-refractivity contribution < 1.29 is 14.7 Å². The van der Waals surface area contributed by atoms with E-state index in [1.807, 2.05) is 39.0 Å². The van der Waals surface area contributed by atoms with Gasteiger partial charge in [-0.2, -0.15) is 0 Å². The Bertz CT molecular complexity index is 585. The zero-order chi connectivity index (χ0) is 16.5. The summed E-state index contributed by atoms with van der Waals surface area (Å²) in [6, 6.07) is 7.23. The summed E-state index contributed by atoms with van der Waals surface area (Å²) in [5, 5.41) is 9.85. The summed E-state index contributed by atoms with van der Waals surface area (Å²) in [4.78, 5) is 25.8. The zero-order valence-electron chi connectivity index (χ0n) is 13.2. The molecule has 1 N–H and O–H groups in total. The van der Waals surface area contributed by atoms with Gasteiger partial charge in [-0.3, -0.25) is 9.59 Å². The van der Waals surface area contributed by atoms with Crippen LogP contribution in [0.3, 0.4) is 0 Å². The molecule has 0 spiro atoms. The van der Waals surface area contributed by atoms with E-state index in [0.717, 1.165) is 5.56 Å². The van der Waals surface area contributed by atoms with Crippen molar-refractivity contribution in [3.05, 3.63) is 34.9 Å². The van der Waals surface area contributed by atoms with Crippen LogP contribution >= 0.6 is 11.6 Å². The molecule has 0 aromatic heterocycles. The van der Waals surface area contributed by atoms with Crippen LogP contribution < -0.4 is 0 Å². The lowest BCUT2D eigenvalue weighted by Crippen LogP contribution is -2.45. The maximum atomic E-state index is 12.8. The highest BCUT2D eigenvalue weighted by molar-refractivity contribution is 6.30. The average Bonchev–Trinajstić information content (AvgIpc) is 2.79. The third-order valence-corrected chi connectivity index (χ3v) is 4.68. The molecule has 1 heterocycles. The van der Waals surface area contributed by atoms with Crippen molar-refractivity contribution in [2.24, 2.45) is 11.3 Å². The minimum Gasteiger partial charge on any atom is -0.481 e. The molecule has 2 unspecified atom stereocenters. The number of halogens is 1. The number of rotatable bonds is 4. The molecule has 1 fully saturated rings. The number of likely N-dealkylation sites (tertiary alicyclic amines) is 1. The van der Waals surface area contributed by atoms with Crippen molar-refractivity contribution >= 4 is 23.5 Å². The topological polar surface area (TPSA) is 57.6 Å². The van der Waals surface area contributed by atoms with E-state index in [9.17, 15) is 14.7 Å². The van der Waals surface area contributed by atoms with Crippen LogP contribution in [0.4, 0.5) is 0 Å². The second-order valence-electron chi connectivity index (χ2n) is 6.66. The Hall–Kier alpha value is -1.55. The van der Waals surface area contributed by atoms with E-state index in [4.69, 9.17) is 11.6 Å². The molecule has 0 aliphatic carbocycles. The highest BCUT2D eigenvalue weighted by atomic mass is 35.5. The zero-order valence-corrected chi connectivity index (χ0v) is 13.9. The molecule has 120 valence electrons. The number of carboxylic acids is 1. The van der Waals surface area contributed by atoms with Gasteiger partial charge < -0.3 is 10.0 Å². The maximum Gasteiger partial charge on any atom is 0.308 e. The van der Waals surface area contributed by atoms with E-state index < -0.39 is 17.3 Å². The fraction of sp³-hybridized carbons (Fsp3) is 0.529. The molecule has 1 aliphatic rings. The van der Waals surface area contributed by atoms with E-state index in [1.54, 1.807) is 11.0 Å². The summed E-state index contributed by atoms with van der Waals surface area (Å²) in [7, 11) is 0. The molecule has 1 amide bonds. The molecule has 22 heavy (non-hydrogen) atoms. The van der Waals surface area contributed by atoms with Gasteiger partial charge in [0.1, 0.15) is 0 Å². The second kappa shape index (κ2) is 6.29. The molecule has 2 atom stereocenters. The SMILES string of the molecule is CC1C(C(=O)O)CCN1C(=O)C(C)(C)Cc1cccc(Cl)c1. The summed E-state index contributed by atoms with van der Waals surface area (Å²) in [5.74, 6) is -1.29. The van der Waals surface area contributed by atoms with Crippen LogP contribution in [-0.4, -0.2) is 34.5 Å². The van der Waals surface area contributed by atoms with Gasteiger partial charge in [-0.25, -0.2) is 0 Å². The summed E-state index contributed by atoms with van der Waals surface area (Å²) in [5.41, 5.74) is 0.416. The average molecular weight is 324 g/mol. The number of hydrogen-bond acceptors (Lipinski definition) is 2. The Morgan fingerprint density at radius 1 is 1.41 bits per heavy atom. The quantitative estimate of drug-likeness (QED) is 0.925. The van der Waals surface area contributed by atoms with E-state index in [-0.39, 0.29) is 11.9 Å². The normalized spacial score (nSPS) is 21.9. The molecule has 0 radical (unpaired) electrons. The minimum atomic E-state index is -0.824. The first-order valence-corrected chi connectivity index (χ1v) is 7.88. The minimum absolute atomic E-state index is 0.00345. The molecule has 5 heteroatoms. The van der Waals surface area contributed by atoms with Crippen LogP contribution in [-0.2, 0) is 16.0 Å². The third-order valence-electron chi connectivity index (χ3n) is 4.45. The number of aliphatic carboxylic acids is 1. The number of carboxylic acid groups (broad SMARTS) is 1. The summed E-state index contributed by atoms with van der Waals surface area (Å²) >= 11 is 6.00. The lowest BCUT2D eigenvalue weighted by molar-refractivity contribution is -0.145. The molecule has 1 aromatic rings. The van der Waals surface area contributed by atoms with Gasteiger partial charge in [-0.05, 0) is 37.5 Å². The molecule has 2 rings (SSSR count). The number of carbonyl (C=O) groups is 2. The van der Waals surface area contributed by atoms with Crippen LogP contribution in [0.1, 0.15) is 32.8 Å².